The lowest BCUT2D eigenvalue weighted by molar-refractivity contribution is -0.145. The SMILES string of the molecule is CC[C@H](C)[C@@H]1NC(=O)[C@H](Cc2ccc(O)cc2)NC(=O)[C@@H](N)CSSC[C@@H](C(=O)N2CCC[C@H]2C(=O)N[C@@H](CC(C)C)C(=O)NCC(N)=O)NC(=O)[C@H](CC(N)=O)NC(=O)[C@H](CCC(N)=O)N(C)C1=O. The van der Waals surface area contributed by atoms with Crippen molar-refractivity contribution >= 4 is 86.6 Å². The Morgan fingerprint density at radius 1 is 0.829 bits per heavy atom. The molecule has 70 heavy (non-hydrogen) atoms. The molecule has 1 aromatic carbocycles. The maximum absolute atomic E-state index is 14.5. The van der Waals surface area contributed by atoms with Crippen LogP contribution in [-0.2, 0) is 59.2 Å². The van der Waals surface area contributed by atoms with Crippen LogP contribution in [0.1, 0.15) is 78.2 Å². The van der Waals surface area contributed by atoms with E-state index in [1.165, 1.54) is 24.1 Å². The summed E-state index contributed by atoms with van der Waals surface area (Å²) in [6, 6.07) is -4.96. The average Bonchev–Trinajstić information content (AvgIpc) is 3.79. The van der Waals surface area contributed by atoms with E-state index >= 15 is 0 Å². The van der Waals surface area contributed by atoms with Crippen LogP contribution in [0.5, 0.6) is 5.75 Å². The third kappa shape index (κ3) is 18.0. The van der Waals surface area contributed by atoms with E-state index in [2.05, 4.69) is 31.9 Å². The second kappa shape index (κ2) is 27.9. The average molecular weight is 1020 g/mol. The molecular formula is C44H68N12O12S2. The summed E-state index contributed by atoms with van der Waals surface area (Å²) in [6.07, 6.45) is -0.645. The highest BCUT2D eigenvalue weighted by Crippen LogP contribution is 2.26. The molecule has 388 valence electrons. The number of carbonyl (C=O) groups excluding carboxylic acids is 11. The highest BCUT2D eigenvalue weighted by atomic mass is 33.1. The Labute approximate surface area is 414 Å². The van der Waals surface area contributed by atoms with Gasteiger partial charge < -0.3 is 69.7 Å². The van der Waals surface area contributed by atoms with E-state index in [4.69, 9.17) is 22.9 Å². The molecule has 0 aromatic heterocycles. The Morgan fingerprint density at radius 3 is 2.06 bits per heavy atom. The number of phenolic OH excluding ortho intramolecular Hbond substituents is 1. The third-order valence-electron chi connectivity index (χ3n) is 11.7. The Bertz CT molecular complexity index is 2080. The van der Waals surface area contributed by atoms with Crippen LogP contribution in [0, 0.1) is 11.8 Å². The molecule has 2 saturated heterocycles. The lowest BCUT2D eigenvalue weighted by Gasteiger charge is -2.34. The summed E-state index contributed by atoms with van der Waals surface area (Å²) in [5.41, 5.74) is 23.1. The summed E-state index contributed by atoms with van der Waals surface area (Å²) >= 11 is 0. The molecule has 0 saturated carbocycles. The number of likely N-dealkylation sites (tertiary alicyclic amines) is 1. The first-order chi connectivity index (χ1) is 32.9. The Morgan fingerprint density at radius 2 is 1.46 bits per heavy atom. The van der Waals surface area contributed by atoms with Crippen LogP contribution in [0.4, 0.5) is 0 Å². The molecule has 3 rings (SSSR count). The quantitative estimate of drug-likeness (QED) is 0.0683. The molecule has 9 atom stereocenters. The lowest BCUT2D eigenvalue weighted by Crippen LogP contribution is -2.62. The molecule has 11 amide bonds. The summed E-state index contributed by atoms with van der Waals surface area (Å²) in [6.45, 7) is 6.64. The maximum Gasteiger partial charge on any atom is 0.246 e. The smallest absolute Gasteiger partial charge is 0.246 e. The second-order valence-electron chi connectivity index (χ2n) is 17.8. The predicted octanol–water partition coefficient (Wildman–Crippen LogP) is -3.27. The molecule has 0 radical (unpaired) electrons. The van der Waals surface area contributed by atoms with Gasteiger partial charge in [0, 0.05) is 37.9 Å². The molecule has 2 heterocycles. The van der Waals surface area contributed by atoms with Gasteiger partial charge in [0.05, 0.1) is 19.0 Å². The topological polar surface area (TPSA) is 391 Å². The van der Waals surface area contributed by atoms with E-state index in [9.17, 15) is 57.8 Å². The van der Waals surface area contributed by atoms with Crippen LogP contribution in [0.15, 0.2) is 24.3 Å². The Kier molecular flexibility index (Phi) is 23.2. The molecule has 2 aliphatic rings. The normalized spacial score (nSPS) is 24.3. The maximum atomic E-state index is 14.5. The number of phenols is 1. The van der Waals surface area contributed by atoms with E-state index in [-0.39, 0.29) is 55.4 Å². The fourth-order valence-electron chi connectivity index (χ4n) is 7.66. The minimum atomic E-state index is -1.75. The summed E-state index contributed by atoms with van der Waals surface area (Å²) in [4.78, 5) is 150. The number of primary amides is 3. The number of carbonyl (C=O) groups is 11. The fraction of sp³-hybridized carbons (Fsp3) is 0.614. The number of likely N-dealkylation sites (N-methyl/N-ethyl adjacent to an activating group) is 1. The zero-order valence-corrected chi connectivity index (χ0v) is 41.7. The highest BCUT2D eigenvalue weighted by Gasteiger charge is 2.41. The van der Waals surface area contributed by atoms with E-state index in [1.54, 1.807) is 26.0 Å². The lowest BCUT2D eigenvalue weighted by atomic mass is 9.95. The number of rotatable bonds is 17. The minimum Gasteiger partial charge on any atom is -0.508 e. The van der Waals surface area contributed by atoms with Crippen LogP contribution in [0.25, 0.3) is 0 Å². The first-order valence-corrected chi connectivity index (χ1v) is 25.4. The van der Waals surface area contributed by atoms with Crippen LogP contribution < -0.4 is 54.8 Å². The third-order valence-corrected chi connectivity index (χ3v) is 14.2. The number of hydrogen-bond donors (Lipinski definition) is 11. The first-order valence-electron chi connectivity index (χ1n) is 22.9. The predicted molar refractivity (Wildman–Crippen MR) is 259 cm³/mol. The molecule has 26 heteroatoms. The van der Waals surface area contributed by atoms with Gasteiger partial charge in [-0.3, -0.25) is 52.7 Å². The van der Waals surface area contributed by atoms with Gasteiger partial charge in [0.2, 0.25) is 65.0 Å². The highest BCUT2D eigenvalue weighted by molar-refractivity contribution is 8.76. The number of aromatic hydroxyl groups is 1. The molecule has 0 bridgehead atoms. The monoisotopic (exact) mass is 1020 g/mol. The van der Waals surface area contributed by atoms with Gasteiger partial charge in [0.25, 0.3) is 0 Å². The van der Waals surface area contributed by atoms with Crippen molar-refractivity contribution in [3.63, 3.8) is 0 Å². The van der Waals surface area contributed by atoms with Crippen LogP contribution >= 0.6 is 21.6 Å². The minimum absolute atomic E-state index is 0.0449. The molecule has 0 unspecified atom stereocenters. The zero-order valence-electron chi connectivity index (χ0n) is 40.0. The molecule has 15 N–H and O–H groups in total. The van der Waals surface area contributed by atoms with Gasteiger partial charge in [-0.2, -0.15) is 0 Å². The van der Waals surface area contributed by atoms with E-state index in [0.29, 0.717) is 18.4 Å². The zero-order chi connectivity index (χ0) is 52.4. The Balaban J connectivity index is 2.08. The molecular weight excluding hydrogens is 953 g/mol. The molecule has 2 aliphatic heterocycles. The van der Waals surface area contributed by atoms with Crippen LogP contribution in [0.3, 0.4) is 0 Å². The molecule has 2 fully saturated rings. The number of nitrogens with one attached hydrogen (secondary N) is 6. The van der Waals surface area contributed by atoms with Crippen LogP contribution in [-0.4, -0.2) is 160 Å². The largest absolute Gasteiger partial charge is 0.508 e. The molecule has 24 nitrogen and oxygen atoms in total. The van der Waals surface area contributed by atoms with Gasteiger partial charge in [0.15, 0.2) is 0 Å². The molecule has 1 aromatic rings. The summed E-state index contributed by atoms with van der Waals surface area (Å²) < 4.78 is 0. The molecule has 0 aliphatic carbocycles. The van der Waals surface area contributed by atoms with Crippen molar-refractivity contribution in [1.82, 2.24) is 41.7 Å². The van der Waals surface area contributed by atoms with Crippen molar-refractivity contribution in [2.24, 2.45) is 34.8 Å². The van der Waals surface area contributed by atoms with Gasteiger partial charge >= 0.3 is 0 Å². The van der Waals surface area contributed by atoms with Crippen molar-refractivity contribution in [2.75, 3.05) is 31.6 Å². The van der Waals surface area contributed by atoms with Crippen molar-refractivity contribution < 1.29 is 57.8 Å². The molecule has 0 spiro atoms. The van der Waals surface area contributed by atoms with Gasteiger partial charge in [-0.15, -0.1) is 0 Å². The van der Waals surface area contributed by atoms with E-state index in [1.807, 2.05) is 13.8 Å². The van der Waals surface area contributed by atoms with Gasteiger partial charge in [-0.05, 0) is 55.2 Å². The van der Waals surface area contributed by atoms with E-state index in [0.717, 1.165) is 26.5 Å². The number of benzene rings is 1. The Hall–Kier alpha value is -6.15. The summed E-state index contributed by atoms with van der Waals surface area (Å²) in [5, 5.41) is 25.3. The van der Waals surface area contributed by atoms with Gasteiger partial charge in [0.1, 0.15) is 48.0 Å². The number of hydrogen-bond acceptors (Lipinski definition) is 15. The summed E-state index contributed by atoms with van der Waals surface area (Å²) in [7, 11) is 3.29. The van der Waals surface area contributed by atoms with Gasteiger partial charge in [-0.1, -0.05) is 67.8 Å². The summed E-state index contributed by atoms with van der Waals surface area (Å²) in [5.74, 6) is -10.2. The number of nitrogens with two attached hydrogens (primary N) is 4. The van der Waals surface area contributed by atoms with Gasteiger partial charge in [-0.25, -0.2) is 0 Å². The van der Waals surface area contributed by atoms with Crippen LogP contribution in [0.2, 0.25) is 0 Å². The fourth-order valence-corrected chi connectivity index (χ4v) is 9.93. The standard InChI is InChI=1S/C44H68N12O12S2/c1-6-23(4)36-44(68)55(5)31(13-14-33(46)58)41(65)52-29(18-34(47)59)39(63)53-30(21-70-69-20-26(45)37(61)50-28(40(64)54-36)17-24-9-11-25(57)12-10-24)43(67)56-15-7-8-32(56)42(66)51-27(16-22(2)3)38(62)49-19-35(48)60/h9-12,22-23,26-32,36,57H,6-8,13-21,45H2,1-5H3,(H2,46,58)(H2,47,59)(H2,48,60)(H,49,62)(H,50,61)(H,51,66)(H,52,65)(H,53,63)(H,54,64)/t23-,26-,27-,28-,29-,30-,31-,32-,36-/m0/s1. The first kappa shape index (κ1) is 58.2. The number of nitrogens with zero attached hydrogens (tertiary/aromatic N) is 2. The second-order valence-corrected chi connectivity index (χ2v) is 20.4. The van der Waals surface area contributed by atoms with Crippen molar-refractivity contribution in [1.29, 1.82) is 0 Å². The van der Waals surface area contributed by atoms with Crippen molar-refractivity contribution in [3.05, 3.63) is 29.8 Å². The van der Waals surface area contributed by atoms with E-state index < -0.39 is 139 Å². The van der Waals surface area contributed by atoms with Crippen molar-refractivity contribution in [2.45, 2.75) is 127 Å². The van der Waals surface area contributed by atoms with Crippen molar-refractivity contribution in [3.8, 4) is 5.75 Å². The number of amides is 11.